The van der Waals surface area contributed by atoms with Crippen molar-refractivity contribution in [2.75, 3.05) is 13.2 Å². The van der Waals surface area contributed by atoms with E-state index in [9.17, 15) is 9.18 Å². The van der Waals surface area contributed by atoms with Gasteiger partial charge in [0.1, 0.15) is 5.82 Å². The summed E-state index contributed by atoms with van der Waals surface area (Å²) < 4.78 is 24.3. The molecule has 2 aromatic carbocycles. The lowest BCUT2D eigenvalue weighted by Crippen LogP contribution is -2.03. The van der Waals surface area contributed by atoms with Gasteiger partial charge in [-0.3, -0.25) is 4.79 Å². The quantitative estimate of drug-likeness (QED) is 0.751. The second kappa shape index (κ2) is 6.88. The Kier molecular flexibility index (Phi) is 4.93. The van der Waals surface area contributed by atoms with Gasteiger partial charge in [-0.25, -0.2) is 4.39 Å². The predicted molar refractivity (Wildman–Crippen MR) is 79.6 cm³/mol. The van der Waals surface area contributed by atoms with E-state index in [0.29, 0.717) is 30.3 Å². The van der Waals surface area contributed by atoms with Crippen LogP contribution in [0, 0.1) is 5.82 Å². The zero-order chi connectivity index (χ0) is 15.2. The molecule has 0 aliphatic carbocycles. The molecule has 0 fully saturated rings. The van der Waals surface area contributed by atoms with Gasteiger partial charge in [0.2, 0.25) is 0 Å². The Morgan fingerprint density at radius 1 is 0.952 bits per heavy atom. The number of carbonyl (C=O) groups excluding carboxylic acids is 1. The first-order valence-electron chi connectivity index (χ1n) is 6.85. The molecule has 0 heterocycles. The van der Waals surface area contributed by atoms with Crippen molar-refractivity contribution in [1.82, 2.24) is 0 Å². The first-order chi connectivity index (χ1) is 10.2. The van der Waals surface area contributed by atoms with Crippen LogP contribution in [0.1, 0.15) is 24.2 Å². The van der Waals surface area contributed by atoms with E-state index in [2.05, 4.69) is 0 Å². The summed E-state index contributed by atoms with van der Waals surface area (Å²) in [6.07, 6.45) is 0.738. The summed E-state index contributed by atoms with van der Waals surface area (Å²) in [7, 11) is 0. The number of hydrogen-bond acceptors (Lipinski definition) is 3. The standard InChI is InChI=1S/C17H17FO3/c1-3-20-16-13(11-19)7-10-15(17(16)21-4-2)12-5-8-14(18)9-6-12/h5-11H,3-4H2,1-2H3. The number of hydrogen-bond donors (Lipinski definition) is 0. The summed E-state index contributed by atoms with van der Waals surface area (Å²) in [5.41, 5.74) is 2.01. The highest BCUT2D eigenvalue weighted by Crippen LogP contribution is 2.40. The van der Waals surface area contributed by atoms with E-state index in [0.717, 1.165) is 17.4 Å². The van der Waals surface area contributed by atoms with Crippen molar-refractivity contribution in [3.8, 4) is 22.6 Å². The number of aldehydes is 1. The van der Waals surface area contributed by atoms with Crippen LogP contribution in [0.3, 0.4) is 0 Å². The minimum atomic E-state index is -0.300. The second-order valence-corrected chi connectivity index (χ2v) is 4.35. The molecule has 0 amide bonds. The van der Waals surface area contributed by atoms with E-state index < -0.39 is 0 Å². The molecule has 0 N–H and O–H groups in total. The molecule has 21 heavy (non-hydrogen) atoms. The van der Waals surface area contributed by atoms with Crippen LogP contribution in [0.25, 0.3) is 11.1 Å². The number of halogens is 1. The van der Waals surface area contributed by atoms with Crippen molar-refractivity contribution in [2.45, 2.75) is 13.8 Å². The summed E-state index contributed by atoms with van der Waals surface area (Å²) in [5, 5.41) is 0. The molecule has 3 nitrogen and oxygen atoms in total. The van der Waals surface area contributed by atoms with E-state index in [1.165, 1.54) is 12.1 Å². The van der Waals surface area contributed by atoms with Gasteiger partial charge >= 0.3 is 0 Å². The molecule has 0 saturated carbocycles. The Morgan fingerprint density at radius 3 is 2.14 bits per heavy atom. The number of benzene rings is 2. The highest BCUT2D eigenvalue weighted by Gasteiger charge is 2.17. The van der Waals surface area contributed by atoms with Gasteiger partial charge < -0.3 is 9.47 Å². The fourth-order valence-electron chi connectivity index (χ4n) is 2.11. The molecule has 0 unspecified atom stereocenters. The van der Waals surface area contributed by atoms with Crippen molar-refractivity contribution in [2.24, 2.45) is 0 Å². The van der Waals surface area contributed by atoms with Crippen molar-refractivity contribution in [3.63, 3.8) is 0 Å². The van der Waals surface area contributed by atoms with Crippen molar-refractivity contribution < 1.29 is 18.7 Å². The van der Waals surface area contributed by atoms with Crippen LogP contribution in [0.15, 0.2) is 36.4 Å². The lowest BCUT2D eigenvalue weighted by atomic mass is 10.0. The fourth-order valence-corrected chi connectivity index (χ4v) is 2.11. The summed E-state index contributed by atoms with van der Waals surface area (Å²) in [5.74, 6) is 0.637. The van der Waals surface area contributed by atoms with Crippen LogP contribution in [-0.2, 0) is 0 Å². The van der Waals surface area contributed by atoms with Crippen LogP contribution in [0.2, 0.25) is 0 Å². The molecule has 4 heteroatoms. The molecule has 2 rings (SSSR count). The topological polar surface area (TPSA) is 35.5 Å². The maximum absolute atomic E-state index is 13.1. The molecular formula is C17H17FO3. The summed E-state index contributed by atoms with van der Waals surface area (Å²) in [6.45, 7) is 4.57. The Hall–Kier alpha value is -2.36. The van der Waals surface area contributed by atoms with Crippen LogP contribution >= 0.6 is 0 Å². The Morgan fingerprint density at radius 2 is 1.57 bits per heavy atom. The van der Waals surface area contributed by atoms with Crippen molar-refractivity contribution in [1.29, 1.82) is 0 Å². The smallest absolute Gasteiger partial charge is 0.172 e. The number of carbonyl (C=O) groups is 1. The third-order valence-corrected chi connectivity index (χ3v) is 3.00. The van der Waals surface area contributed by atoms with E-state index in [-0.39, 0.29) is 5.82 Å². The SMILES string of the molecule is CCOc1c(C=O)ccc(-c2ccc(F)cc2)c1OCC. The highest BCUT2D eigenvalue weighted by atomic mass is 19.1. The number of ether oxygens (including phenoxy) is 2. The minimum absolute atomic E-state index is 0.300. The average molecular weight is 288 g/mol. The van der Waals surface area contributed by atoms with Gasteiger partial charge in [0.25, 0.3) is 0 Å². The normalized spacial score (nSPS) is 10.2. The van der Waals surface area contributed by atoms with Gasteiger partial charge in [0.15, 0.2) is 17.8 Å². The first kappa shape index (κ1) is 15.0. The summed E-state index contributed by atoms with van der Waals surface area (Å²) >= 11 is 0. The van der Waals surface area contributed by atoms with E-state index in [4.69, 9.17) is 9.47 Å². The van der Waals surface area contributed by atoms with Gasteiger partial charge in [-0.2, -0.15) is 0 Å². The fraction of sp³-hybridized carbons (Fsp3) is 0.235. The number of rotatable bonds is 6. The maximum atomic E-state index is 13.1. The van der Waals surface area contributed by atoms with Crippen molar-refractivity contribution >= 4 is 6.29 Å². The van der Waals surface area contributed by atoms with E-state index in [1.807, 2.05) is 13.8 Å². The Bertz CT molecular complexity index is 621. The van der Waals surface area contributed by atoms with E-state index in [1.54, 1.807) is 24.3 Å². The maximum Gasteiger partial charge on any atom is 0.172 e. The van der Waals surface area contributed by atoms with E-state index >= 15 is 0 Å². The van der Waals surface area contributed by atoms with Gasteiger partial charge in [-0.1, -0.05) is 12.1 Å². The highest BCUT2D eigenvalue weighted by molar-refractivity contribution is 5.86. The van der Waals surface area contributed by atoms with Crippen LogP contribution in [0.5, 0.6) is 11.5 Å². The third kappa shape index (κ3) is 3.21. The summed E-state index contributed by atoms with van der Waals surface area (Å²) in [6, 6.07) is 9.58. The molecule has 0 aromatic heterocycles. The molecule has 0 aliphatic rings. The molecular weight excluding hydrogens is 271 g/mol. The lowest BCUT2D eigenvalue weighted by Gasteiger charge is -2.17. The molecule has 110 valence electrons. The predicted octanol–water partition coefficient (Wildman–Crippen LogP) is 4.10. The third-order valence-electron chi connectivity index (χ3n) is 3.00. The first-order valence-corrected chi connectivity index (χ1v) is 6.85. The van der Waals surface area contributed by atoms with Crippen molar-refractivity contribution in [3.05, 3.63) is 47.8 Å². The average Bonchev–Trinajstić information content (AvgIpc) is 2.50. The van der Waals surface area contributed by atoms with Crippen LogP contribution in [-0.4, -0.2) is 19.5 Å². The van der Waals surface area contributed by atoms with Gasteiger partial charge in [0.05, 0.1) is 18.8 Å². The molecule has 2 aromatic rings. The second-order valence-electron chi connectivity index (χ2n) is 4.35. The van der Waals surface area contributed by atoms with Crippen LogP contribution < -0.4 is 9.47 Å². The van der Waals surface area contributed by atoms with Gasteiger partial charge in [0, 0.05) is 5.56 Å². The molecule has 0 aliphatic heterocycles. The van der Waals surface area contributed by atoms with Crippen LogP contribution in [0.4, 0.5) is 4.39 Å². The largest absolute Gasteiger partial charge is 0.489 e. The monoisotopic (exact) mass is 288 g/mol. The lowest BCUT2D eigenvalue weighted by molar-refractivity contribution is 0.111. The summed E-state index contributed by atoms with van der Waals surface area (Å²) in [4.78, 5) is 11.2. The molecule has 0 bridgehead atoms. The molecule has 0 spiro atoms. The van der Waals surface area contributed by atoms with Gasteiger partial charge in [-0.15, -0.1) is 0 Å². The van der Waals surface area contributed by atoms with Gasteiger partial charge in [-0.05, 0) is 43.7 Å². The zero-order valence-electron chi connectivity index (χ0n) is 12.1. The zero-order valence-corrected chi connectivity index (χ0v) is 12.1. The molecule has 0 saturated heterocycles. The Balaban J connectivity index is 2.61. The molecule has 0 atom stereocenters. The minimum Gasteiger partial charge on any atom is -0.489 e. The Labute approximate surface area is 123 Å². The molecule has 0 radical (unpaired) electrons.